The monoisotopic (exact) mass is 373 g/mol. The Morgan fingerprint density at radius 2 is 1.89 bits per heavy atom. The topological polar surface area (TPSA) is 65.1 Å². The highest BCUT2D eigenvalue weighted by Crippen LogP contribution is 2.27. The van der Waals surface area contributed by atoms with Crippen molar-refractivity contribution in [3.05, 3.63) is 59.9 Å². The van der Waals surface area contributed by atoms with Gasteiger partial charge in [0.25, 0.3) is 5.91 Å². The van der Waals surface area contributed by atoms with Gasteiger partial charge in [0.2, 0.25) is 0 Å². The minimum atomic E-state index is -0.800. The molecule has 6 nitrogen and oxygen atoms in total. The molecule has 7 heteroatoms. The maximum atomic E-state index is 13.9. The number of carbonyl (C=O) groups excluding carboxylic acids is 2. The number of esters is 1. The Balaban J connectivity index is 1.82. The van der Waals surface area contributed by atoms with E-state index in [2.05, 4.69) is 0 Å². The van der Waals surface area contributed by atoms with Gasteiger partial charge in [-0.15, -0.1) is 0 Å². The molecule has 0 saturated carbocycles. The summed E-state index contributed by atoms with van der Waals surface area (Å²) in [5.74, 6) is -0.755. The number of rotatable bonds is 5. The van der Waals surface area contributed by atoms with Crippen molar-refractivity contribution in [1.29, 1.82) is 0 Å². The van der Waals surface area contributed by atoms with E-state index < -0.39 is 23.9 Å². The second-order valence-electron chi connectivity index (χ2n) is 6.13. The van der Waals surface area contributed by atoms with Crippen molar-refractivity contribution in [3.63, 3.8) is 0 Å². The molecule has 142 valence electrons. The van der Waals surface area contributed by atoms with Gasteiger partial charge >= 0.3 is 5.97 Å². The lowest BCUT2D eigenvalue weighted by Gasteiger charge is -2.22. The molecule has 2 aromatic carbocycles. The number of benzene rings is 2. The lowest BCUT2D eigenvalue weighted by atomic mass is 10.1. The number of hydrogen-bond donors (Lipinski definition) is 0. The van der Waals surface area contributed by atoms with E-state index in [1.807, 2.05) is 0 Å². The number of carbonyl (C=O) groups is 2. The first-order chi connectivity index (χ1) is 13.0. The molecule has 2 unspecified atom stereocenters. The van der Waals surface area contributed by atoms with Gasteiger partial charge in [-0.25, -0.2) is 9.18 Å². The molecule has 1 amide bonds. The fourth-order valence-corrected chi connectivity index (χ4v) is 3.11. The Labute approximate surface area is 156 Å². The minimum absolute atomic E-state index is 0.0850. The van der Waals surface area contributed by atoms with Gasteiger partial charge in [0.15, 0.2) is 11.6 Å². The molecule has 0 bridgehead atoms. The number of halogens is 1. The maximum absolute atomic E-state index is 13.9. The summed E-state index contributed by atoms with van der Waals surface area (Å²) in [6, 6.07) is 11.9. The molecule has 0 spiro atoms. The molecule has 0 aromatic heterocycles. The zero-order valence-electron chi connectivity index (χ0n) is 15.1. The van der Waals surface area contributed by atoms with Crippen molar-refractivity contribution in [1.82, 2.24) is 4.90 Å². The summed E-state index contributed by atoms with van der Waals surface area (Å²) >= 11 is 0. The molecular formula is C20H20FNO5. The molecule has 0 radical (unpaired) electrons. The second kappa shape index (κ2) is 8.07. The Morgan fingerprint density at radius 3 is 2.59 bits per heavy atom. The van der Waals surface area contributed by atoms with Gasteiger partial charge in [-0.3, -0.25) is 4.79 Å². The summed E-state index contributed by atoms with van der Waals surface area (Å²) in [6.07, 6.45) is -0.308. The molecule has 0 aliphatic carbocycles. The van der Waals surface area contributed by atoms with E-state index in [9.17, 15) is 14.0 Å². The average molecular weight is 373 g/mol. The third-order valence-corrected chi connectivity index (χ3v) is 4.44. The van der Waals surface area contributed by atoms with E-state index in [0.717, 1.165) is 0 Å². The molecular weight excluding hydrogens is 353 g/mol. The fourth-order valence-electron chi connectivity index (χ4n) is 3.11. The van der Waals surface area contributed by atoms with Crippen LogP contribution in [0, 0.1) is 5.82 Å². The Kier molecular flexibility index (Phi) is 5.59. The van der Waals surface area contributed by atoms with Gasteiger partial charge < -0.3 is 19.1 Å². The number of methoxy groups -OCH3 is 2. The lowest BCUT2D eigenvalue weighted by Crippen LogP contribution is -2.41. The SMILES string of the molecule is COC(=O)C1CC(Oc2ccccc2F)CN1C(=O)c1cccc(OC)c1. The van der Waals surface area contributed by atoms with Crippen LogP contribution in [-0.2, 0) is 9.53 Å². The van der Waals surface area contributed by atoms with Crippen molar-refractivity contribution in [2.75, 3.05) is 20.8 Å². The van der Waals surface area contributed by atoms with Crippen molar-refractivity contribution in [2.24, 2.45) is 0 Å². The number of para-hydroxylation sites is 1. The summed E-state index contributed by atoms with van der Waals surface area (Å²) in [6.45, 7) is 0.143. The second-order valence-corrected chi connectivity index (χ2v) is 6.13. The lowest BCUT2D eigenvalue weighted by molar-refractivity contribution is -0.145. The van der Waals surface area contributed by atoms with E-state index in [1.54, 1.807) is 36.4 Å². The highest BCUT2D eigenvalue weighted by atomic mass is 19.1. The van der Waals surface area contributed by atoms with Crippen molar-refractivity contribution in [3.8, 4) is 11.5 Å². The number of hydrogen-bond acceptors (Lipinski definition) is 5. The normalized spacial score (nSPS) is 18.9. The molecule has 1 fully saturated rings. The van der Waals surface area contributed by atoms with Gasteiger partial charge in [0.05, 0.1) is 20.8 Å². The van der Waals surface area contributed by atoms with Crippen LogP contribution in [0.15, 0.2) is 48.5 Å². The standard InChI is InChI=1S/C20H20FNO5/c1-25-14-7-5-6-13(10-14)19(23)22-12-15(11-17(22)20(24)26-2)27-18-9-4-3-8-16(18)21/h3-10,15,17H,11-12H2,1-2H3. The quantitative estimate of drug-likeness (QED) is 0.754. The highest BCUT2D eigenvalue weighted by Gasteiger charge is 2.42. The summed E-state index contributed by atoms with van der Waals surface area (Å²) in [5, 5.41) is 0. The zero-order valence-corrected chi connectivity index (χ0v) is 15.1. The molecule has 1 aliphatic heterocycles. The van der Waals surface area contributed by atoms with Crippen molar-refractivity contribution < 1.29 is 28.2 Å². The third kappa shape index (κ3) is 4.02. The van der Waals surface area contributed by atoms with Crippen LogP contribution >= 0.6 is 0 Å². The predicted octanol–water partition coefficient (Wildman–Crippen LogP) is 2.67. The van der Waals surface area contributed by atoms with Crippen molar-refractivity contribution in [2.45, 2.75) is 18.6 Å². The van der Waals surface area contributed by atoms with Gasteiger partial charge in [-0.1, -0.05) is 18.2 Å². The molecule has 0 N–H and O–H groups in total. The molecule has 27 heavy (non-hydrogen) atoms. The van der Waals surface area contributed by atoms with Gasteiger partial charge in [0, 0.05) is 12.0 Å². The van der Waals surface area contributed by atoms with Gasteiger partial charge in [-0.05, 0) is 30.3 Å². The summed E-state index contributed by atoms with van der Waals surface area (Å²) in [4.78, 5) is 26.5. The molecule has 2 atom stereocenters. The fraction of sp³-hybridized carbons (Fsp3) is 0.300. The molecule has 3 rings (SSSR count). The number of nitrogens with zero attached hydrogens (tertiary/aromatic N) is 1. The van der Waals surface area contributed by atoms with Crippen LogP contribution in [0.4, 0.5) is 4.39 Å². The molecule has 1 saturated heterocycles. The van der Waals surface area contributed by atoms with Crippen molar-refractivity contribution >= 4 is 11.9 Å². The van der Waals surface area contributed by atoms with Gasteiger partial charge in [0.1, 0.15) is 17.9 Å². The van der Waals surface area contributed by atoms with Crippen LogP contribution in [0.2, 0.25) is 0 Å². The summed E-state index contributed by atoms with van der Waals surface area (Å²) in [5.41, 5.74) is 0.384. The summed E-state index contributed by atoms with van der Waals surface area (Å²) in [7, 11) is 2.77. The van der Waals surface area contributed by atoms with E-state index in [-0.39, 0.29) is 24.6 Å². The summed E-state index contributed by atoms with van der Waals surface area (Å²) < 4.78 is 29.5. The van der Waals surface area contributed by atoms with E-state index >= 15 is 0 Å². The molecule has 1 heterocycles. The third-order valence-electron chi connectivity index (χ3n) is 4.44. The minimum Gasteiger partial charge on any atom is -0.497 e. The Morgan fingerprint density at radius 1 is 1.11 bits per heavy atom. The first kappa shape index (κ1) is 18.7. The van der Waals surface area contributed by atoms with Crippen LogP contribution in [0.25, 0.3) is 0 Å². The first-order valence-corrected chi connectivity index (χ1v) is 8.47. The first-order valence-electron chi connectivity index (χ1n) is 8.47. The van der Waals surface area contributed by atoms with Crippen LogP contribution < -0.4 is 9.47 Å². The Bertz CT molecular complexity index is 841. The molecule has 1 aliphatic rings. The smallest absolute Gasteiger partial charge is 0.328 e. The van der Waals surface area contributed by atoms with E-state index in [0.29, 0.717) is 11.3 Å². The molecule has 2 aromatic rings. The zero-order chi connectivity index (χ0) is 19.4. The van der Waals surface area contributed by atoms with E-state index in [4.69, 9.17) is 14.2 Å². The number of likely N-dealkylation sites (tertiary alicyclic amines) is 1. The largest absolute Gasteiger partial charge is 0.497 e. The predicted molar refractivity (Wildman–Crippen MR) is 95.3 cm³/mol. The number of ether oxygens (including phenoxy) is 3. The number of amides is 1. The van der Waals surface area contributed by atoms with E-state index in [1.165, 1.54) is 31.3 Å². The van der Waals surface area contributed by atoms with Crippen LogP contribution in [0.3, 0.4) is 0 Å². The maximum Gasteiger partial charge on any atom is 0.328 e. The Hall–Kier alpha value is -3.09. The van der Waals surface area contributed by atoms with Gasteiger partial charge in [-0.2, -0.15) is 0 Å². The average Bonchev–Trinajstić information content (AvgIpc) is 3.12. The highest BCUT2D eigenvalue weighted by molar-refractivity contribution is 5.97. The van der Waals surface area contributed by atoms with Crippen LogP contribution in [0.1, 0.15) is 16.8 Å². The van der Waals surface area contributed by atoms with Crippen LogP contribution in [0.5, 0.6) is 11.5 Å². The van der Waals surface area contributed by atoms with Crippen LogP contribution in [-0.4, -0.2) is 49.7 Å².